The van der Waals surface area contributed by atoms with E-state index in [1.54, 1.807) is 19.1 Å². The van der Waals surface area contributed by atoms with Gasteiger partial charge in [0.2, 0.25) is 0 Å². The molecule has 1 saturated heterocycles. The van der Waals surface area contributed by atoms with Crippen molar-refractivity contribution in [3.8, 4) is 5.75 Å². The van der Waals surface area contributed by atoms with Crippen molar-refractivity contribution in [2.75, 3.05) is 19.7 Å². The molecule has 1 aliphatic rings. The maximum Gasteiger partial charge on any atom is 0.325 e. The summed E-state index contributed by atoms with van der Waals surface area (Å²) in [5, 5.41) is 2.79. The van der Waals surface area contributed by atoms with Crippen LogP contribution in [0.2, 0.25) is 0 Å². The molecule has 0 bridgehead atoms. The van der Waals surface area contributed by atoms with Crippen molar-refractivity contribution in [3.63, 3.8) is 0 Å². The predicted molar refractivity (Wildman–Crippen MR) is 83.5 cm³/mol. The van der Waals surface area contributed by atoms with E-state index in [-0.39, 0.29) is 11.9 Å². The Bertz CT molecular complexity index is 544. The molecule has 22 heavy (non-hydrogen) atoms. The molecular weight excluding hydrogens is 282 g/mol. The molecule has 120 valence electrons. The normalized spacial score (nSPS) is 21.1. The fraction of sp³-hybridized carbons (Fsp3) is 0.500. The molecule has 0 aromatic heterocycles. The lowest BCUT2D eigenvalue weighted by Gasteiger charge is -2.22. The van der Waals surface area contributed by atoms with Gasteiger partial charge in [-0.3, -0.25) is 9.69 Å². The van der Waals surface area contributed by atoms with E-state index >= 15 is 0 Å². The zero-order valence-corrected chi connectivity index (χ0v) is 13.1. The summed E-state index contributed by atoms with van der Waals surface area (Å²) in [4.78, 5) is 26.0. The van der Waals surface area contributed by atoms with Gasteiger partial charge in [-0.05, 0) is 50.9 Å². The van der Waals surface area contributed by atoms with Crippen LogP contribution in [-0.4, -0.2) is 36.5 Å². The van der Waals surface area contributed by atoms with E-state index in [4.69, 9.17) is 10.5 Å². The summed E-state index contributed by atoms with van der Waals surface area (Å²) < 4.78 is 5.40. The second-order valence-corrected chi connectivity index (χ2v) is 5.47. The van der Waals surface area contributed by atoms with Gasteiger partial charge in [0.05, 0.1) is 6.61 Å². The number of carbonyl (C=O) groups is 2. The quantitative estimate of drug-likeness (QED) is 0.592. The highest BCUT2D eigenvalue weighted by atomic mass is 16.5. The van der Waals surface area contributed by atoms with Gasteiger partial charge in [-0.1, -0.05) is 12.1 Å². The number of imide groups is 1. The minimum atomic E-state index is -1.02. The topological polar surface area (TPSA) is 84.7 Å². The molecule has 6 nitrogen and oxygen atoms in total. The number of hydrogen-bond acceptors (Lipinski definition) is 4. The number of carbonyl (C=O) groups excluding carboxylic acids is 2. The summed E-state index contributed by atoms with van der Waals surface area (Å²) in [5.41, 5.74) is 5.17. The lowest BCUT2D eigenvalue weighted by molar-refractivity contribution is -0.131. The fourth-order valence-electron chi connectivity index (χ4n) is 2.56. The van der Waals surface area contributed by atoms with Crippen molar-refractivity contribution in [2.24, 2.45) is 5.73 Å². The number of nitrogens with one attached hydrogen (secondary N) is 1. The van der Waals surface area contributed by atoms with Gasteiger partial charge in [0.25, 0.3) is 5.91 Å². The molecule has 1 atom stereocenters. The number of amides is 3. The number of unbranched alkanes of at least 4 members (excludes halogenated alkanes) is 1. The third kappa shape index (κ3) is 3.06. The van der Waals surface area contributed by atoms with Crippen LogP contribution in [-0.2, 0) is 10.3 Å². The van der Waals surface area contributed by atoms with Crippen LogP contribution < -0.4 is 15.8 Å². The Morgan fingerprint density at radius 2 is 1.91 bits per heavy atom. The number of benzene rings is 1. The number of nitrogens with zero attached hydrogens (tertiary/aromatic N) is 1. The molecule has 0 radical (unpaired) electrons. The average Bonchev–Trinajstić information content (AvgIpc) is 2.72. The summed E-state index contributed by atoms with van der Waals surface area (Å²) >= 11 is 0. The fourth-order valence-corrected chi connectivity index (χ4v) is 2.56. The van der Waals surface area contributed by atoms with Crippen LogP contribution in [0.25, 0.3) is 0 Å². The van der Waals surface area contributed by atoms with Crippen molar-refractivity contribution in [1.29, 1.82) is 0 Å². The number of hydrogen-bond donors (Lipinski definition) is 2. The van der Waals surface area contributed by atoms with Gasteiger partial charge >= 0.3 is 6.03 Å². The molecule has 6 heteroatoms. The minimum Gasteiger partial charge on any atom is -0.494 e. The van der Waals surface area contributed by atoms with E-state index in [0.29, 0.717) is 19.7 Å². The smallest absolute Gasteiger partial charge is 0.325 e. The van der Waals surface area contributed by atoms with E-state index in [1.807, 2.05) is 19.1 Å². The second kappa shape index (κ2) is 6.79. The first-order chi connectivity index (χ1) is 10.5. The third-order valence-corrected chi connectivity index (χ3v) is 3.85. The van der Waals surface area contributed by atoms with Gasteiger partial charge in [0.1, 0.15) is 11.3 Å². The maximum absolute atomic E-state index is 12.6. The first kappa shape index (κ1) is 16.3. The van der Waals surface area contributed by atoms with Crippen molar-refractivity contribution in [2.45, 2.75) is 32.2 Å². The molecule has 3 N–H and O–H groups in total. The zero-order valence-electron chi connectivity index (χ0n) is 13.1. The van der Waals surface area contributed by atoms with Gasteiger partial charge in [0.15, 0.2) is 0 Å². The Labute approximate surface area is 130 Å². The largest absolute Gasteiger partial charge is 0.494 e. The number of nitrogens with two attached hydrogens (primary N) is 1. The van der Waals surface area contributed by atoms with Gasteiger partial charge in [-0.25, -0.2) is 4.79 Å². The minimum absolute atomic E-state index is 0.223. The van der Waals surface area contributed by atoms with Gasteiger partial charge in [-0.2, -0.15) is 0 Å². The summed E-state index contributed by atoms with van der Waals surface area (Å²) in [6, 6.07) is 6.89. The highest BCUT2D eigenvalue weighted by Gasteiger charge is 2.48. The number of urea groups is 1. The monoisotopic (exact) mass is 305 g/mol. The highest BCUT2D eigenvalue weighted by Crippen LogP contribution is 2.30. The second-order valence-electron chi connectivity index (χ2n) is 5.47. The molecule has 1 fully saturated rings. The van der Waals surface area contributed by atoms with Crippen LogP contribution >= 0.6 is 0 Å². The van der Waals surface area contributed by atoms with Crippen molar-refractivity contribution < 1.29 is 14.3 Å². The zero-order chi connectivity index (χ0) is 16.2. The molecule has 1 unspecified atom stereocenters. The van der Waals surface area contributed by atoms with Crippen molar-refractivity contribution in [3.05, 3.63) is 29.8 Å². The Hall–Kier alpha value is -2.08. The van der Waals surface area contributed by atoms with Crippen LogP contribution in [0.4, 0.5) is 4.79 Å². The third-order valence-electron chi connectivity index (χ3n) is 3.85. The van der Waals surface area contributed by atoms with E-state index in [1.165, 1.54) is 4.90 Å². The maximum atomic E-state index is 12.6. The van der Waals surface area contributed by atoms with Crippen molar-refractivity contribution in [1.82, 2.24) is 10.2 Å². The first-order valence-electron chi connectivity index (χ1n) is 7.60. The molecule has 3 amide bonds. The molecule has 1 heterocycles. The van der Waals surface area contributed by atoms with Gasteiger partial charge < -0.3 is 15.8 Å². The lowest BCUT2D eigenvalue weighted by atomic mass is 9.92. The van der Waals surface area contributed by atoms with E-state index in [0.717, 1.165) is 24.2 Å². The lowest BCUT2D eigenvalue weighted by Crippen LogP contribution is -2.41. The first-order valence-corrected chi connectivity index (χ1v) is 7.60. The molecule has 1 aliphatic heterocycles. The molecule has 0 saturated carbocycles. The van der Waals surface area contributed by atoms with Crippen LogP contribution in [0.1, 0.15) is 32.3 Å². The molecule has 2 rings (SSSR count). The van der Waals surface area contributed by atoms with E-state index in [9.17, 15) is 9.59 Å². The van der Waals surface area contributed by atoms with Crippen LogP contribution in [0, 0.1) is 0 Å². The van der Waals surface area contributed by atoms with Crippen molar-refractivity contribution >= 4 is 11.9 Å². The van der Waals surface area contributed by atoms with Crippen LogP contribution in [0.5, 0.6) is 5.75 Å². The Morgan fingerprint density at radius 3 is 2.50 bits per heavy atom. The van der Waals surface area contributed by atoms with Gasteiger partial charge in [-0.15, -0.1) is 0 Å². The molecule has 1 aromatic rings. The summed E-state index contributed by atoms with van der Waals surface area (Å²) in [7, 11) is 0. The summed E-state index contributed by atoms with van der Waals surface area (Å²) in [6.45, 7) is 5.18. The Morgan fingerprint density at radius 1 is 1.23 bits per heavy atom. The van der Waals surface area contributed by atoms with Gasteiger partial charge in [0, 0.05) is 6.54 Å². The average molecular weight is 305 g/mol. The highest BCUT2D eigenvalue weighted by molar-refractivity contribution is 6.07. The molecule has 0 spiro atoms. The van der Waals surface area contributed by atoms with Crippen LogP contribution in [0.15, 0.2) is 24.3 Å². The van der Waals surface area contributed by atoms with Crippen LogP contribution in [0.3, 0.4) is 0 Å². The molecule has 0 aliphatic carbocycles. The Balaban J connectivity index is 2.15. The molecule has 1 aromatic carbocycles. The molecular formula is C16H23N3O3. The number of ether oxygens (including phenoxy) is 1. The summed E-state index contributed by atoms with van der Waals surface area (Å²) in [5.74, 6) is 0.519. The van der Waals surface area contributed by atoms with E-state index < -0.39 is 5.54 Å². The standard InChI is InChI=1S/C16H23N3O3/c1-3-22-13-8-6-12(7-9-13)16(2)14(20)19(15(21)18-16)11-5-4-10-17/h6-9H,3-5,10-11,17H2,1-2H3,(H,18,21). The summed E-state index contributed by atoms with van der Waals surface area (Å²) in [6.07, 6.45) is 1.51. The SMILES string of the molecule is CCOc1ccc(C2(C)NC(=O)N(CCCCN)C2=O)cc1. The predicted octanol–water partition coefficient (Wildman–Crippen LogP) is 1.59. The number of rotatable bonds is 7. The van der Waals surface area contributed by atoms with E-state index in [2.05, 4.69) is 5.32 Å². The Kier molecular flexibility index (Phi) is 5.03.